The van der Waals surface area contributed by atoms with Crippen LogP contribution in [0, 0.1) is 6.92 Å². The lowest BCUT2D eigenvalue weighted by atomic mass is 10.0. The third-order valence-electron chi connectivity index (χ3n) is 5.58. The lowest BCUT2D eigenvalue weighted by Crippen LogP contribution is -2.38. The van der Waals surface area contributed by atoms with Crippen molar-refractivity contribution in [2.45, 2.75) is 19.9 Å². The highest BCUT2D eigenvalue weighted by Gasteiger charge is 2.27. The average Bonchev–Trinajstić information content (AvgIpc) is 3.21. The Kier molecular flexibility index (Phi) is 5.19. The Bertz CT molecular complexity index is 1370. The number of hydrogen-bond donors (Lipinski definition) is 0. The number of nitrogens with zero attached hydrogens (tertiary/aromatic N) is 2. The summed E-state index contributed by atoms with van der Waals surface area (Å²) in [7, 11) is 0. The van der Waals surface area contributed by atoms with E-state index >= 15 is 0 Å². The highest BCUT2D eigenvalue weighted by Crippen LogP contribution is 2.31. The number of fused-ring (bicyclic) bond motifs is 2. The molecule has 3 heterocycles. The minimum Gasteiger partial charge on any atom is -0.484 e. The van der Waals surface area contributed by atoms with Gasteiger partial charge in [0.15, 0.2) is 12.4 Å². The van der Waals surface area contributed by atoms with Crippen molar-refractivity contribution in [3.8, 4) is 17.1 Å². The second-order valence-corrected chi connectivity index (χ2v) is 8.14. The van der Waals surface area contributed by atoms with E-state index < -0.39 is 5.63 Å². The molecule has 2 aromatic carbocycles. The number of carbonyl (C=O) groups is 1. The van der Waals surface area contributed by atoms with Gasteiger partial charge in [0.25, 0.3) is 5.91 Å². The highest BCUT2D eigenvalue weighted by atomic mass is 35.5. The van der Waals surface area contributed by atoms with Crippen LogP contribution >= 0.6 is 11.6 Å². The first-order valence-corrected chi connectivity index (χ1v) is 10.5. The molecule has 162 valence electrons. The SMILES string of the molecule is Cc1cc(=O)oc2cc(OCC(=O)N3CCc4noc(-c5ccc(Cl)cc5)c4C3)ccc12. The average molecular weight is 451 g/mol. The quantitative estimate of drug-likeness (QED) is 0.429. The summed E-state index contributed by atoms with van der Waals surface area (Å²) in [6.45, 7) is 2.65. The Morgan fingerprint density at radius 3 is 2.81 bits per heavy atom. The van der Waals surface area contributed by atoms with Gasteiger partial charge in [-0.1, -0.05) is 16.8 Å². The van der Waals surface area contributed by atoms with Gasteiger partial charge in [-0.2, -0.15) is 0 Å². The number of hydrogen-bond acceptors (Lipinski definition) is 6. The molecule has 1 aliphatic heterocycles. The third-order valence-corrected chi connectivity index (χ3v) is 5.83. The Hall–Kier alpha value is -3.58. The van der Waals surface area contributed by atoms with Crippen molar-refractivity contribution in [2.24, 2.45) is 0 Å². The summed E-state index contributed by atoms with van der Waals surface area (Å²) in [5.41, 5.74) is 3.46. The van der Waals surface area contributed by atoms with Crippen LogP contribution in [0.25, 0.3) is 22.3 Å². The molecular formula is C24H19ClN2O5. The van der Waals surface area contributed by atoms with E-state index in [0.717, 1.165) is 27.8 Å². The smallest absolute Gasteiger partial charge is 0.336 e. The van der Waals surface area contributed by atoms with Gasteiger partial charge in [0.2, 0.25) is 0 Å². The van der Waals surface area contributed by atoms with Crippen molar-refractivity contribution < 1.29 is 18.5 Å². The summed E-state index contributed by atoms with van der Waals surface area (Å²) in [5, 5.41) is 5.64. The van der Waals surface area contributed by atoms with E-state index in [1.54, 1.807) is 29.2 Å². The Morgan fingerprint density at radius 1 is 1.19 bits per heavy atom. The fourth-order valence-corrected chi connectivity index (χ4v) is 4.01. The summed E-state index contributed by atoms with van der Waals surface area (Å²) in [5.74, 6) is 0.962. The van der Waals surface area contributed by atoms with E-state index in [9.17, 15) is 9.59 Å². The fourth-order valence-electron chi connectivity index (χ4n) is 3.88. The number of benzene rings is 2. The lowest BCUT2D eigenvalue weighted by Gasteiger charge is -2.26. The molecule has 0 saturated heterocycles. The van der Waals surface area contributed by atoms with Crippen LogP contribution in [-0.2, 0) is 17.8 Å². The lowest BCUT2D eigenvalue weighted by molar-refractivity contribution is -0.134. The number of aryl methyl sites for hydroxylation is 1. The maximum atomic E-state index is 12.8. The zero-order chi connectivity index (χ0) is 22.2. The third kappa shape index (κ3) is 3.87. The molecule has 0 fully saturated rings. The number of ether oxygens (including phenoxy) is 1. The van der Waals surface area contributed by atoms with Crippen LogP contribution < -0.4 is 10.4 Å². The fraction of sp³-hybridized carbons (Fsp3) is 0.208. The van der Waals surface area contributed by atoms with Crippen LogP contribution in [0.5, 0.6) is 5.75 Å². The molecule has 8 heteroatoms. The predicted octanol–water partition coefficient (Wildman–Crippen LogP) is 4.37. The molecule has 0 aliphatic carbocycles. The van der Waals surface area contributed by atoms with E-state index in [1.165, 1.54) is 6.07 Å². The van der Waals surface area contributed by atoms with Crippen LogP contribution in [0.3, 0.4) is 0 Å². The summed E-state index contributed by atoms with van der Waals surface area (Å²) in [6.07, 6.45) is 0.610. The molecule has 0 saturated carbocycles. The summed E-state index contributed by atoms with van der Waals surface area (Å²) in [4.78, 5) is 26.2. The zero-order valence-corrected chi connectivity index (χ0v) is 18.0. The molecule has 32 heavy (non-hydrogen) atoms. The Balaban J connectivity index is 1.30. The van der Waals surface area contributed by atoms with Gasteiger partial charge < -0.3 is 18.6 Å². The second-order valence-electron chi connectivity index (χ2n) is 7.70. The number of amides is 1. The minimum absolute atomic E-state index is 0.127. The molecule has 0 N–H and O–H groups in total. The van der Waals surface area contributed by atoms with Crippen LogP contribution in [-0.4, -0.2) is 29.1 Å². The van der Waals surface area contributed by atoms with Gasteiger partial charge in [0, 0.05) is 46.6 Å². The first kappa shape index (κ1) is 20.3. The summed E-state index contributed by atoms with van der Waals surface area (Å²) >= 11 is 5.98. The van der Waals surface area contributed by atoms with Gasteiger partial charge in [-0.05, 0) is 48.9 Å². The van der Waals surface area contributed by atoms with E-state index in [1.807, 2.05) is 25.1 Å². The normalized spacial score (nSPS) is 13.2. The monoisotopic (exact) mass is 450 g/mol. The van der Waals surface area contributed by atoms with Gasteiger partial charge in [-0.25, -0.2) is 4.79 Å². The van der Waals surface area contributed by atoms with Crippen LogP contribution in [0.1, 0.15) is 16.8 Å². The number of rotatable bonds is 4. The Labute approximate surface area is 188 Å². The van der Waals surface area contributed by atoms with Crippen molar-refractivity contribution >= 4 is 28.5 Å². The molecule has 1 amide bonds. The molecule has 7 nitrogen and oxygen atoms in total. The maximum Gasteiger partial charge on any atom is 0.336 e. The van der Waals surface area contributed by atoms with Gasteiger partial charge >= 0.3 is 5.63 Å². The van der Waals surface area contributed by atoms with Gasteiger partial charge in [-0.3, -0.25) is 4.79 Å². The first-order chi connectivity index (χ1) is 15.5. The summed E-state index contributed by atoms with van der Waals surface area (Å²) in [6, 6.07) is 14.0. The topological polar surface area (TPSA) is 85.8 Å². The number of carbonyl (C=O) groups excluding carboxylic acids is 1. The van der Waals surface area contributed by atoms with Crippen LogP contribution in [0.15, 0.2) is 62.3 Å². The Morgan fingerprint density at radius 2 is 2.00 bits per heavy atom. The van der Waals surface area contributed by atoms with E-state index in [4.69, 9.17) is 25.3 Å². The standard InChI is InChI=1S/C24H19ClN2O5/c1-14-10-23(29)31-21-11-17(6-7-18(14)21)30-13-22(28)27-9-8-20-19(12-27)24(32-26-20)15-2-4-16(25)5-3-15/h2-7,10-11H,8-9,12-13H2,1H3. The summed E-state index contributed by atoms with van der Waals surface area (Å²) < 4.78 is 16.5. The molecule has 0 spiro atoms. The second kappa shape index (κ2) is 8.16. The number of halogens is 1. The molecule has 0 radical (unpaired) electrons. The predicted molar refractivity (Wildman–Crippen MR) is 119 cm³/mol. The highest BCUT2D eigenvalue weighted by molar-refractivity contribution is 6.30. The molecule has 0 bridgehead atoms. The van der Waals surface area contributed by atoms with Gasteiger partial charge in [0.1, 0.15) is 11.3 Å². The van der Waals surface area contributed by atoms with Crippen molar-refractivity contribution in [1.82, 2.24) is 10.1 Å². The molecule has 5 rings (SSSR count). The van der Waals surface area contributed by atoms with Gasteiger partial charge in [-0.15, -0.1) is 0 Å². The first-order valence-electron chi connectivity index (χ1n) is 10.2. The molecule has 4 aromatic rings. The van der Waals surface area contributed by atoms with E-state index in [-0.39, 0.29) is 12.5 Å². The number of aromatic nitrogens is 1. The largest absolute Gasteiger partial charge is 0.484 e. The molecule has 1 aliphatic rings. The van der Waals surface area contributed by atoms with Crippen molar-refractivity contribution in [3.05, 3.63) is 80.8 Å². The van der Waals surface area contributed by atoms with Crippen LogP contribution in [0.2, 0.25) is 5.02 Å². The zero-order valence-electron chi connectivity index (χ0n) is 17.3. The molecule has 2 aromatic heterocycles. The molecule has 0 atom stereocenters. The van der Waals surface area contributed by atoms with E-state index in [2.05, 4.69) is 5.16 Å². The van der Waals surface area contributed by atoms with Gasteiger partial charge in [0.05, 0.1) is 12.2 Å². The minimum atomic E-state index is -0.419. The molecule has 0 unspecified atom stereocenters. The maximum absolute atomic E-state index is 12.8. The van der Waals surface area contributed by atoms with Crippen molar-refractivity contribution in [3.63, 3.8) is 0 Å². The van der Waals surface area contributed by atoms with E-state index in [0.29, 0.717) is 41.6 Å². The molecular weight excluding hydrogens is 432 g/mol. The van der Waals surface area contributed by atoms with Crippen LogP contribution in [0.4, 0.5) is 0 Å². The van der Waals surface area contributed by atoms with Crippen molar-refractivity contribution in [2.75, 3.05) is 13.2 Å². The van der Waals surface area contributed by atoms with Crippen molar-refractivity contribution in [1.29, 1.82) is 0 Å².